The fourth-order valence-corrected chi connectivity index (χ4v) is 1.77. The highest BCUT2D eigenvalue weighted by Gasteiger charge is 2.44. The van der Waals surface area contributed by atoms with Crippen LogP contribution in [0.15, 0.2) is 30.6 Å². The number of benzene rings is 1. The third kappa shape index (κ3) is 2.50. The Morgan fingerprint density at radius 1 is 1.26 bits per heavy atom. The highest BCUT2D eigenvalue weighted by Crippen LogP contribution is 2.43. The summed E-state index contributed by atoms with van der Waals surface area (Å²) in [6.07, 6.45) is -0.327. The number of nitrogens with one attached hydrogen (secondary N) is 1. The molecule has 3 rings (SSSR count). The first kappa shape index (κ1) is 11.9. The molecule has 0 aliphatic carbocycles. The molecule has 0 radical (unpaired) electrons. The van der Waals surface area contributed by atoms with Crippen LogP contribution in [0.4, 0.5) is 8.78 Å². The average molecular weight is 268 g/mol. The van der Waals surface area contributed by atoms with E-state index in [0.29, 0.717) is 11.4 Å². The topological polar surface area (TPSA) is 56.4 Å². The van der Waals surface area contributed by atoms with Gasteiger partial charge in [0, 0.05) is 18.0 Å². The normalized spacial score (nSPS) is 15.7. The van der Waals surface area contributed by atoms with E-state index in [0.717, 1.165) is 0 Å². The van der Waals surface area contributed by atoms with Crippen molar-refractivity contribution in [3.05, 3.63) is 42.0 Å². The number of aromatic nitrogens is 2. The van der Waals surface area contributed by atoms with E-state index >= 15 is 0 Å². The van der Waals surface area contributed by atoms with Gasteiger partial charge in [-0.2, -0.15) is 0 Å². The molecular weight excluding hydrogens is 258 g/mol. The van der Waals surface area contributed by atoms with Crippen LogP contribution in [-0.4, -0.2) is 16.3 Å². The van der Waals surface area contributed by atoms with Crippen molar-refractivity contribution < 1.29 is 23.0 Å². The molecule has 19 heavy (non-hydrogen) atoms. The molecule has 0 saturated carbocycles. The van der Waals surface area contributed by atoms with Crippen molar-refractivity contribution in [1.29, 1.82) is 0 Å². The Labute approximate surface area is 107 Å². The summed E-state index contributed by atoms with van der Waals surface area (Å²) in [6, 6.07) is 4.67. The third-order valence-corrected chi connectivity index (χ3v) is 2.56. The van der Waals surface area contributed by atoms with Gasteiger partial charge in [-0.1, -0.05) is 12.1 Å². The molecule has 100 valence electrons. The van der Waals surface area contributed by atoms with Crippen molar-refractivity contribution in [2.24, 2.45) is 0 Å². The second-order valence-corrected chi connectivity index (χ2v) is 3.94. The molecule has 1 aliphatic rings. The Balaban J connectivity index is 1.68. The first-order valence-electron chi connectivity index (χ1n) is 5.58. The number of aromatic amines is 1. The molecule has 1 aromatic carbocycles. The molecule has 2 aromatic rings. The van der Waals surface area contributed by atoms with Crippen LogP contribution in [0, 0.1) is 0 Å². The van der Waals surface area contributed by atoms with Crippen LogP contribution in [0.5, 0.6) is 11.5 Å². The van der Waals surface area contributed by atoms with Gasteiger partial charge in [0.05, 0.1) is 6.61 Å². The van der Waals surface area contributed by atoms with E-state index in [2.05, 4.69) is 19.4 Å². The summed E-state index contributed by atoms with van der Waals surface area (Å²) < 4.78 is 40.1. The molecule has 0 amide bonds. The maximum atomic E-state index is 13.0. The standard InChI is InChI=1S/C12H10F2N2O3/c13-12(14)18-9-3-1-2-8(11(9)19-12)6-17-7-10-15-4-5-16-10/h1-5H,6-7H2,(H,15,16). The van der Waals surface area contributed by atoms with Crippen molar-refractivity contribution in [3.8, 4) is 11.5 Å². The van der Waals surface area contributed by atoms with Gasteiger partial charge in [-0.15, -0.1) is 8.78 Å². The van der Waals surface area contributed by atoms with Crippen molar-refractivity contribution in [2.75, 3.05) is 0 Å². The minimum atomic E-state index is -3.61. The lowest BCUT2D eigenvalue weighted by Gasteiger charge is -2.07. The molecule has 0 atom stereocenters. The van der Waals surface area contributed by atoms with Gasteiger partial charge in [0.2, 0.25) is 0 Å². The Kier molecular flexibility index (Phi) is 2.83. The van der Waals surface area contributed by atoms with E-state index in [1.165, 1.54) is 6.07 Å². The van der Waals surface area contributed by atoms with Gasteiger partial charge in [-0.25, -0.2) is 4.98 Å². The van der Waals surface area contributed by atoms with E-state index < -0.39 is 6.29 Å². The summed E-state index contributed by atoms with van der Waals surface area (Å²) in [7, 11) is 0. The molecule has 0 spiro atoms. The van der Waals surface area contributed by atoms with Gasteiger partial charge in [-0.05, 0) is 6.07 Å². The van der Waals surface area contributed by atoms with E-state index in [4.69, 9.17) is 4.74 Å². The Morgan fingerprint density at radius 2 is 2.16 bits per heavy atom. The SMILES string of the molecule is FC1(F)Oc2cccc(COCc3ncc[nH]3)c2O1. The minimum absolute atomic E-state index is 0.0177. The fraction of sp³-hybridized carbons (Fsp3) is 0.250. The van der Waals surface area contributed by atoms with Crippen molar-refractivity contribution >= 4 is 0 Å². The number of ether oxygens (including phenoxy) is 3. The summed E-state index contributed by atoms with van der Waals surface area (Å²) in [4.78, 5) is 6.86. The molecule has 0 unspecified atom stereocenters. The van der Waals surface area contributed by atoms with Crippen LogP contribution in [0.25, 0.3) is 0 Å². The Morgan fingerprint density at radius 3 is 2.95 bits per heavy atom. The fourth-order valence-electron chi connectivity index (χ4n) is 1.77. The minimum Gasteiger partial charge on any atom is -0.395 e. The maximum Gasteiger partial charge on any atom is 0.586 e. The second-order valence-electron chi connectivity index (χ2n) is 3.94. The molecule has 0 bridgehead atoms. The third-order valence-electron chi connectivity index (χ3n) is 2.56. The quantitative estimate of drug-likeness (QED) is 0.925. The maximum absolute atomic E-state index is 13.0. The van der Waals surface area contributed by atoms with Crippen molar-refractivity contribution in [1.82, 2.24) is 9.97 Å². The summed E-state index contributed by atoms with van der Waals surface area (Å²) >= 11 is 0. The van der Waals surface area contributed by atoms with Gasteiger partial charge in [0.25, 0.3) is 0 Å². The van der Waals surface area contributed by atoms with Gasteiger partial charge >= 0.3 is 6.29 Å². The summed E-state index contributed by atoms with van der Waals surface area (Å²) in [5.41, 5.74) is 0.501. The lowest BCUT2D eigenvalue weighted by atomic mass is 10.2. The lowest BCUT2D eigenvalue weighted by Crippen LogP contribution is -2.26. The number of imidazole rings is 1. The molecule has 0 saturated heterocycles. The van der Waals surface area contributed by atoms with Gasteiger partial charge < -0.3 is 19.2 Å². The van der Waals surface area contributed by atoms with Crippen LogP contribution in [-0.2, 0) is 18.0 Å². The van der Waals surface area contributed by atoms with Gasteiger partial charge in [0.1, 0.15) is 12.4 Å². The van der Waals surface area contributed by atoms with Crippen LogP contribution < -0.4 is 9.47 Å². The number of nitrogens with zero attached hydrogens (tertiary/aromatic N) is 1. The number of alkyl halides is 2. The van der Waals surface area contributed by atoms with E-state index in [1.54, 1.807) is 24.5 Å². The number of halogens is 2. The number of hydrogen-bond acceptors (Lipinski definition) is 4. The monoisotopic (exact) mass is 268 g/mol. The summed E-state index contributed by atoms with van der Waals surface area (Å²) in [5, 5.41) is 0. The predicted octanol–water partition coefficient (Wildman–Crippen LogP) is 2.45. The van der Waals surface area contributed by atoms with Crippen LogP contribution in [0.3, 0.4) is 0 Å². The van der Waals surface area contributed by atoms with Gasteiger partial charge in [-0.3, -0.25) is 0 Å². The first-order chi connectivity index (χ1) is 9.14. The van der Waals surface area contributed by atoms with Crippen molar-refractivity contribution in [2.45, 2.75) is 19.5 Å². The van der Waals surface area contributed by atoms with E-state index in [9.17, 15) is 8.78 Å². The molecule has 5 nitrogen and oxygen atoms in total. The number of para-hydroxylation sites is 1. The number of H-pyrrole nitrogens is 1. The predicted molar refractivity (Wildman–Crippen MR) is 59.7 cm³/mol. The van der Waals surface area contributed by atoms with Gasteiger partial charge in [0.15, 0.2) is 11.5 Å². The lowest BCUT2D eigenvalue weighted by molar-refractivity contribution is -0.287. The molecule has 0 fully saturated rings. The number of hydrogen-bond donors (Lipinski definition) is 1. The highest BCUT2D eigenvalue weighted by atomic mass is 19.3. The smallest absolute Gasteiger partial charge is 0.395 e. The first-order valence-corrected chi connectivity index (χ1v) is 5.58. The molecule has 1 aromatic heterocycles. The molecule has 7 heteroatoms. The number of fused-ring (bicyclic) bond motifs is 1. The number of rotatable bonds is 4. The zero-order valence-corrected chi connectivity index (χ0v) is 9.73. The molecule has 1 aliphatic heterocycles. The highest BCUT2D eigenvalue weighted by molar-refractivity contribution is 5.48. The Hall–Kier alpha value is -2.15. The van der Waals surface area contributed by atoms with Crippen molar-refractivity contribution in [3.63, 3.8) is 0 Å². The molecule has 2 heterocycles. The largest absolute Gasteiger partial charge is 0.586 e. The summed E-state index contributed by atoms with van der Waals surface area (Å²) in [5.74, 6) is 0.700. The van der Waals surface area contributed by atoms with E-state index in [-0.39, 0.29) is 24.7 Å². The van der Waals surface area contributed by atoms with Crippen LogP contribution in [0.2, 0.25) is 0 Å². The zero-order valence-electron chi connectivity index (χ0n) is 9.73. The van der Waals surface area contributed by atoms with Crippen LogP contribution >= 0.6 is 0 Å². The zero-order chi connectivity index (χ0) is 13.3. The molecular formula is C12H10F2N2O3. The summed E-state index contributed by atoms with van der Waals surface area (Å²) in [6.45, 7) is 0.386. The van der Waals surface area contributed by atoms with E-state index in [1.807, 2.05) is 0 Å². The average Bonchev–Trinajstić information content (AvgIpc) is 2.95. The second kappa shape index (κ2) is 4.51. The Bertz CT molecular complexity index is 572. The van der Waals surface area contributed by atoms with Crippen LogP contribution in [0.1, 0.15) is 11.4 Å². The molecule has 1 N–H and O–H groups in total.